The van der Waals surface area contributed by atoms with Crippen LogP contribution in [0.3, 0.4) is 0 Å². The van der Waals surface area contributed by atoms with Gasteiger partial charge in [-0.25, -0.2) is 0 Å². The van der Waals surface area contributed by atoms with Gasteiger partial charge in [-0.1, -0.05) is 36.4 Å². The summed E-state index contributed by atoms with van der Waals surface area (Å²) in [6.45, 7) is 5.94. The van der Waals surface area contributed by atoms with Gasteiger partial charge in [0, 0.05) is 0 Å². The number of carboxylic acid groups (broad SMARTS) is 1. The predicted molar refractivity (Wildman–Crippen MR) is 94.8 cm³/mol. The van der Waals surface area contributed by atoms with Crippen LogP contribution in [0.2, 0.25) is 0 Å². The Kier molecular flexibility index (Phi) is 5.47. The first-order chi connectivity index (χ1) is 10.8. The maximum Gasteiger partial charge on any atom is 0.309 e. The van der Waals surface area contributed by atoms with Gasteiger partial charge in [-0.15, -0.1) is 0 Å². The third-order valence-electron chi connectivity index (χ3n) is 3.74. The number of aryl methyl sites for hydroxylation is 1. The predicted octanol–water partition coefficient (Wildman–Crippen LogP) is 4.99. The highest BCUT2D eigenvalue weighted by Crippen LogP contribution is 2.33. The molecule has 0 aliphatic rings. The highest BCUT2D eigenvalue weighted by Gasteiger charge is 2.27. The molecule has 0 aliphatic heterocycles. The second kappa shape index (κ2) is 7.18. The summed E-state index contributed by atoms with van der Waals surface area (Å²) in [5, 5.41) is 9.27. The van der Waals surface area contributed by atoms with Crippen LogP contribution in [0.1, 0.15) is 30.5 Å². The van der Waals surface area contributed by atoms with Crippen molar-refractivity contribution >= 4 is 21.9 Å². The Morgan fingerprint density at radius 1 is 1.17 bits per heavy atom. The molecule has 0 spiro atoms. The van der Waals surface area contributed by atoms with E-state index in [1.54, 1.807) is 13.8 Å². The summed E-state index contributed by atoms with van der Waals surface area (Å²) in [6.07, 6.45) is 0.473. The van der Waals surface area contributed by atoms with Crippen molar-refractivity contribution in [1.29, 1.82) is 0 Å². The fourth-order valence-electron chi connectivity index (χ4n) is 2.40. The maximum atomic E-state index is 11.3. The topological polar surface area (TPSA) is 46.5 Å². The first-order valence-corrected chi connectivity index (χ1v) is 8.28. The Balaban J connectivity index is 2.16. The van der Waals surface area contributed by atoms with Gasteiger partial charge in [-0.3, -0.25) is 4.79 Å². The average Bonchev–Trinajstić information content (AvgIpc) is 2.46. The Morgan fingerprint density at radius 2 is 1.83 bits per heavy atom. The second-order valence-electron chi connectivity index (χ2n) is 6.36. The summed E-state index contributed by atoms with van der Waals surface area (Å²) in [4.78, 5) is 11.3. The van der Waals surface area contributed by atoms with E-state index in [0.29, 0.717) is 13.0 Å². The number of carboxylic acids is 1. The van der Waals surface area contributed by atoms with Crippen molar-refractivity contribution in [2.24, 2.45) is 5.41 Å². The monoisotopic (exact) mass is 376 g/mol. The molecule has 0 atom stereocenters. The van der Waals surface area contributed by atoms with Gasteiger partial charge >= 0.3 is 5.97 Å². The Morgan fingerprint density at radius 3 is 2.39 bits per heavy atom. The summed E-state index contributed by atoms with van der Waals surface area (Å²) in [7, 11) is 0. The van der Waals surface area contributed by atoms with Crippen LogP contribution in [0.4, 0.5) is 0 Å². The summed E-state index contributed by atoms with van der Waals surface area (Å²) >= 11 is 3.54. The first-order valence-electron chi connectivity index (χ1n) is 7.49. The molecule has 0 amide bonds. The smallest absolute Gasteiger partial charge is 0.309 e. The van der Waals surface area contributed by atoms with Crippen LogP contribution in [0.25, 0.3) is 0 Å². The molecule has 0 saturated heterocycles. The van der Waals surface area contributed by atoms with Crippen LogP contribution in [-0.4, -0.2) is 11.1 Å². The summed E-state index contributed by atoms with van der Waals surface area (Å²) in [5.74, 6) is 0.00131. The maximum absolute atomic E-state index is 11.3. The van der Waals surface area contributed by atoms with E-state index in [2.05, 4.69) is 15.9 Å². The number of halogens is 1. The SMILES string of the molecule is Cc1cc(CC(C)(C)C(=O)O)cc(Br)c1OCc1ccccc1. The quantitative estimate of drug-likeness (QED) is 0.772. The molecular formula is C19H21BrO3. The van der Waals surface area contributed by atoms with Gasteiger partial charge in [0.25, 0.3) is 0 Å². The van der Waals surface area contributed by atoms with Crippen LogP contribution in [0, 0.1) is 12.3 Å². The number of ether oxygens (including phenoxy) is 1. The van der Waals surface area contributed by atoms with E-state index in [9.17, 15) is 9.90 Å². The largest absolute Gasteiger partial charge is 0.487 e. The van der Waals surface area contributed by atoms with Crippen molar-refractivity contribution in [3.63, 3.8) is 0 Å². The van der Waals surface area contributed by atoms with Gasteiger partial charge in [-0.05, 0) is 65.9 Å². The van der Waals surface area contributed by atoms with Crippen molar-refractivity contribution in [3.05, 3.63) is 63.6 Å². The standard InChI is InChI=1S/C19H21BrO3/c1-13-9-15(11-19(2,3)18(21)22)10-16(20)17(13)23-12-14-7-5-4-6-8-14/h4-10H,11-12H2,1-3H3,(H,21,22). The fraction of sp³-hybridized carbons (Fsp3) is 0.316. The van der Waals surface area contributed by atoms with Crippen molar-refractivity contribution in [2.75, 3.05) is 0 Å². The van der Waals surface area contributed by atoms with E-state index >= 15 is 0 Å². The van der Waals surface area contributed by atoms with Gasteiger partial charge in [0.1, 0.15) is 12.4 Å². The van der Waals surface area contributed by atoms with Crippen LogP contribution < -0.4 is 4.74 Å². The minimum absolute atomic E-state index is 0.473. The van der Waals surface area contributed by atoms with Crippen LogP contribution in [0.5, 0.6) is 5.75 Å². The molecule has 0 fully saturated rings. The lowest BCUT2D eigenvalue weighted by molar-refractivity contribution is -0.146. The van der Waals surface area contributed by atoms with Gasteiger partial charge in [0.2, 0.25) is 0 Å². The molecular weight excluding hydrogens is 356 g/mol. The van der Waals surface area contributed by atoms with Crippen LogP contribution >= 0.6 is 15.9 Å². The molecule has 0 heterocycles. The Bertz CT molecular complexity index is 670. The Hall–Kier alpha value is -1.81. The lowest BCUT2D eigenvalue weighted by Crippen LogP contribution is -2.26. The molecule has 0 bridgehead atoms. The van der Waals surface area contributed by atoms with E-state index in [1.807, 2.05) is 49.4 Å². The molecule has 2 aromatic carbocycles. The number of carbonyl (C=O) groups is 1. The molecule has 0 aromatic heterocycles. The van der Waals surface area contributed by atoms with Crippen molar-refractivity contribution in [3.8, 4) is 5.75 Å². The van der Waals surface area contributed by atoms with Gasteiger partial charge < -0.3 is 9.84 Å². The minimum atomic E-state index is -0.796. The molecule has 2 rings (SSSR count). The van der Waals surface area contributed by atoms with Gasteiger partial charge in [0.05, 0.1) is 9.89 Å². The normalized spacial score (nSPS) is 11.3. The number of aliphatic carboxylic acids is 1. The highest BCUT2D eigenvalue weighted by molar-refractivity contribution is 9.10. The van der Waals surface area contributed by atoms with Crippen molar-refractivity contribution in [2.45, 2.75) is 33.8 Å². The molecule has 0 saturated carbocycles. The number of hydrogen-bond donors (Lipinski definition) is 1. The molecule has 1 N–H and O–H groups in total. The zero-order valence-corrected chi connectivity index (χ0v) is 15.2. The summed E-state index contributed by atoms with van der Waals surface area (Å²) in [6, 6.07) is 13.9. The molecule has 23 heavy (non-hydrogen) atoms. The molecule has 0 aliphatic carbocycles. The molecule has 122 valence electrons. The van der Waals surface area contributed by atoms with E-state index in [0.717, 1.165) is 26.9 Å². The molecule has 0 unspecified atom stereocenters. The zero-order chi connectivity index (χ0) is 17.0. The fourth-order valence-corrected chi connectivity index (χ4v) is 3.12. The third kappa shape index (κ3) is 4.58. The molecule has 3 nitrogen and oxygen atoms in total. The number of hydrogen-bond acceptors (Lipinski definition) is 2. The van der Waals surface area contributed by atoms with E-state index in [-0.39, 0.29) is 0 Å². The van der Waals surface area contributed by atoms with Crippen LogP contribution in [0.15, 0.2) is 46.9 Å². The second-order valence-corrected chi connectivity index (χ2v) is 7.22. The average molecular weight is 377 g/mol. The molecule has 4 heteroatoms. The number of benzene rings is 2. The van der Waals surface area contributed by atoms with Gasteiger partial charge in [-0.2, -0.15) is 0 Å². The van der Waals surface area contributed by atoms with E-state index in [1.165, 1.54) is 0 Å². The summed E-state index contributed by atoms with van der Waals surface area (Å²) < 4.78 is 6.77. The highest BCUT2D eigenvalue weighted by atomic mass is 79.9. The summed E-state index contributed by atoms with van der Waals surface area (Å²) in [5.41, 5.74) is 2.29. The lowest BCUT2D eigenvalue weighted by atomic mass is 9.85. The van der Waals surface area contributed by atoms with Crippen molar-refractivity contribution in [1.82, 2.24) is 0 Å². The number of rotatable bonds is 6. The van der Waals surface area contributed by atoms with E-state index < -0.39 is 11.4 Å². The molecule has 0 radical (unpaired) electrons. The first kappa shape index (κ1) is 17.5. The lowest BCUT2D eigenvalue weighted by Gasteiger charge is -2.20. The minimum Gasteiger partial charge on any atom is -0.487 e. The zero-order valence-electron chi connectivity index (χ0n) is 13.6. The molecule has 2 aromatic rings. The van der Waals surface area contributed by atoms with Crippen molar-refractivity contribution < 1.29 is 14.6 Å². The van der Waals surface area contributed by atoms with Crippen LogP contribution in [-0.2, 0) is 17.8 Å². The third-order valence-corrected chi connectivity index (χ3v) is 4.33. The van der Waals surface area contributed by atoms with Gasteiger partial charge in [0.15, 0.2) is 0 Å². The van der Waals surface area contributed by atoms with E-state index in [4.69, 9.17) is 4.74 Å². The Labute approximate surface area is 145 Å².